The SMILES string of the molecule is Cn1c(NCc2ncc3ccccc3n2)nc2nc(N3CCCC(N)C3)n(Cc3ccccc3)c2c1=O. The molecule has 1 aliphatic rings. The van der Waals surface area contributed by atoms with Gasteiger partial charge in [-0.1, -0.05) is 48.5 Å². The summed E-state index contributed by atoms with van der Waals surface area (Å²) >= 11 is 0. The van der Waals surface area contributed by atoms with Crippen molar-refractivity contribution in [2.24, 2.45) is 12.8 Å². The van der Waals surface area contributed by atoms with Crippen molar-refractivity contribution in [3.63, 3.8) is 0 Å². The minimum atomic E-state index is -0.164. The summed E-state index contributed by atoms with van der Waals surface area (Å²) < 4.78 is 3.51. The summed E-state index contributed by atoms with van der Waals surface area (Å²) in [5, 5.41) is 4.21. The average molecular weight is 496 g/mol. The Labute approximate surface area is 213 Å². The second-order valence-corrected chi connectivity index (χ2v) is 9.50. The first-order chi connectivity index (χ1) is 18.1. The van der Waals surface area contributed by atoms with Crippen LogP contribution in [0.3, 0.4) is 0 Å². The molecule has 3 N–H and O–H groups in total. The van der Waals surface area contributed by atoms with Crippen molar-refractivity contribution in [1.29, 1.82) is 0 Å². The number of imidazole rings is 1. The molecule has 10 heteroatoms. The van der Waals surface area contributed by atoms with Crippen LogP contribution in [0.2, 0.25) is 0 Å². The molecule has 0 spiro atoms. The standard InChI is InChI=1S/C27H29N9O/c1-34-25(37)23-24(32-26(34)30-15-22-29-14-19-10-5-6-12-21(19)31-22)33-27(35-13-7-11-20(28)17-35)36(23)16-18-8-3-2-4-9-18/h2-6,8-10,12,14,20H,7,11,13,15-17,28H2,1H3,(H,30,32). The molecule has 1 atom stereocenters. The molecule has 0 aliphatic carbocycles. The van der Waals surface area contributed by atoms with Crippen LogP contribution in [0, 0.1) is 0 Å². The number of benzene rings is 2. The Hall–Kier alpha value is -4.31. The zero-order valence-corrected chi connectivity index (χ0v) is 20.7. The molecule has 0 saturated carbocycles. The van der Waals surface area contributed by atoms with Crippen molar-refractivity contribution >= 4 is 34.0 Å². The number of fused-ring (bicyclic) bond motifs is 2. The zero-order chi connectivity index (χ0) is 25.4. The van der Waals surface area contributed by atoms with Crippen LogP contribution >= 0.6 is 0 Å². The highest BCUT2D eigenvalue weighted by Gasteiger charge is 2.25. The van der Waals surface area contributed by atoms with Gasteiger partial charge in [0.05, 0.1) is 18.6 Å². The Morgan fingerprint density at radius 3 is 2.70 bits per heavy atom. The van der Waals surface area contributed by atoms with Gasteiger partial charge in [-0.2, -0.15) is 9.97 Å². The van der Waals surface area contributed by atoms with Crippen LogP contribution < -0.4 is 21.5 Å². The van der Waals surface area contributed by atoms with E-state index in [-0.39, 0.29) is 11.6 Å². The summed E-state index contributed by atoms with van der Waals surface area (Å²) in [5.74, 6) is 1.76. The summed E-state index contributed by atoms with van der Waals surface area (Å²) in [6.07, 6.45) is 3.77. The maximum atomic E-state index is 13.7. The second kappa shape index (κ2) is 9.62. The fourth-order valence-electron chi connectivity index (χ4n) is 4.91. The van der Waals surface area contributed by atoms with Gasteiger partial charge in [-0.15, -0.1) is 0 Å². The second-order valence-electron chi connectivity index (χ2n) is 9.50. The van der Waals surface area contributed by atoms with Crippen molar-refractivity contribution in [2.75, 3.05) is 23.3 Å². The molecule has 0 bridgehead atoms. The van der Waals surface area contributed by atoms with Gasteiger partial charge in [0.15, 0.2) is 11.2 Å². The summed E-state index contributed by atoms with van der Waals surface area (Å²) in [7, 11) is 1.72. The lowest BCUT2D eigenvalue weighted by molar-refractivity contribution is 0.495. The van der Waals surface area contributed by atoms with E-state index in [0.717, 1.165) is 41.8 Å². The molecule has 5 aromatic rings. The minimum absolute atomic E-state index is 0.0775. The van der Waals surface area contributed by atoms with E-state index < -0.39 is 0 Å². The Kier molecular flexibility index (Phi) is 6.01. The number of nitrogens with zero attached hydrogens (tertiary/aromatic N) is 7. The van der Waals surface area contributed by atoms with Crippen LogP contribution in [-0.2, 0) is 20.1 Å². The summed E-state index contributed by atoms with van der Waals surface area (Å²) in [5.41, 5.74) is 8.97. The number of hydrogen-bond acceptors (Lipinski definition) is 8. The zero-order valence-electron chi connectivity index (χ0n) is 20.7. The van der Waals surface area contributed by atoms with E-state index in [1.54, 1.807) is 13.2 Å². The van der Waals surface area contributed by atoms with E-state index in [1.807, 2.05) is 47.0 Å². The quantitative estimate of drug-likeness (QED) is 0.369. The Morgan fingerprint density at radius 2 is 1.86 bits per heavy atom. The first kappa shape index (κ1) is 23.1. The summed E-state index contributed by atoms with van der Waals surface area (Å²) in [6, 6.07) is 18.0. The van der Waals surface area contributed by atoms with E-state index in [0.29, 0.717) is 42.6 Å². The number of anilines is 2. The molecule has 0 amide bonds. The number of aromatic nitrogens is 6. The molecule has 1 aliphatic heterocycles. The number of piperidine rings is 1. The lowest BCUT2D eigenvalue weighted by atomic mass is 10.1. The lowest BCUT2D eigenvalue weighted by Gasteiger charge is -2.31. The smallest absolute Gasteiger partial charge is 0.281 e. The first-order valence-corrected chi connectivity index (χ1v) is 12.5. The van der Waals surface area contributed by atoms with Crippen LogP contribution in [0.5, 0.6) is 0 Å². The van der Waals surface area contributed by atoms with Crippen molar-refractivity contribution in [2.45, 2.75) is 32.0 Å². The van der Waals surface area contributed by atoms with Gasteiger partial charge in [0.2, 0.25) is 11.9 Å². The molecule has 2 aromatic carbocycles. The van der Waals surface area contributed by atoms with Crippen LogP contribution in [-0.4, -0.2) is 48.2 Å². The van der Waals surface area contributed by atoms with Crippen LogP contribution in [0.25, 0.3) is 22.1 Å². The van der Waals surface area contributed by atoms with Crippen LogP contribution in [0.1, 0.15) is 24.2 Å². The van der Waals surface area contributed by atoms with Crippen LogP contribution in [0.4, 0.5) is 11.9 Å². The van der Waals surface area contributed by atoms with Gasteiger partial charge in [-0.3, -0.25) is 13.9 Å². The first-order valence-electron chi connectivity index (χ1n) is 12.5. The molecular formula is C27H29N9O. The largest absolute Gasteiger partial charge is 0.348 e. The molecule has 1 fully saturated rings. The van der Waals surface area contributed by atoms with Crippen molar-refractivity contribution in [1.82, 2.24) is 29.1 Å². The highest BCUT2D eigenvalue weighted by molar-refractivity contribution is 5.77. The third-order valence-corrected chi connectivity index (χ3v) is 6.83. The summed E-state index contributed by atoms with van der Waals surface area (Å²) in [6.45, 7) is 2.39. The van der Waals surface area contributed by atoms with Gasteiger partial charge in [0.25, 0.3) is 5.56 Å². The summed E-state index contributed by atoms with van der Waals surface area (Å²) in [4.78, 5) is 34.5. The molecular weight excluding hydrogens is 466 g/mol. The lowest BCUT2D eigenvalue weighted by Crippen LogP contribution is -2.44. The number of hydrogen-bond donors (Lipinski definition) is 2. The highest BCUT2D eigenvalue weighted by Crippen LogP contribution is 2.25. The molecule has 0 radical (unpaired) electrons. The van der Waals surface area contributed by atoms with Gasteiger partial charge >= 0.3 is 0 Å². The molecule has 1 unspecified atom stereocenters. The topological polar surface area (TPSA) is 120 Å². The molecule has 188 valence electrons. The van der Waals surface area contributed by atoms with Crippen LogP contribution in [0.15, 0.2) is 65.6 Å². The maximum Gasteiger partial charge on any atom is 0.281 e. The number of para-hydroxylation sites is 1. The monoisotopic (exact) mass is 495 g/mol. The van der Waals surface area contributed by atoms with Gasteiger partial charge in [0, 0.05) is 37.8 Å². The Bertz CT molecular complexity index is 1630. The Morgan fingerprint density at radius 1 is 1.05 bits per heavy atom. The average Bonchev–Trinajstić information content (AvgIpc) is 3.28. The predicted octanol–water partition coefficient (Wildman–Crippen LogP) is 2.66. The molecule has 4 heterocycles. The number of nitrogens with two attached hydrogens (primary N) is 1. The molecule has 1 saturated heterocycles. The van der Waals surface area contributed by atoms with Crippen molar-refractivity contribution in [3.8, 4) is 0 Å². The van der Waals surface area contributed by atoms with Gasteiger partial charge in [-0.05, 0) is 24.5 Å². The van der Waals surface area contributed by atoms with Gasteiger partial charge in [-0.25, -0.2) is 9.97 Å². The van der Waals surface area contributed by atoms with Gasteiger partial charge in [0.1, 0.15) is 5.82 Å². The molecule has 10 nitrogen and oxygen atoms in total. The third kappa shape index (κ3) is 4.51. The Balaban J connectivity index is 1.38. The fraction of sp³-hybridized carbons (Fsp3) is 0.296. The molecule has 6 rings (SSSR count). The molecule has 37 heavy (non-hydrogen) atoms. The van der Waals surface area contributed by atoms with E-state index in [9.17, 15) is 4.79 Å². The van der Waals surface area contributed by atoms with Crippen molar-refractivity contribution in [3.05, 3.63) is 82.5 Å². The van der Waals surface area contributed by atoms with Crippen molar-refractivity contribution < 1.29 is 0 Å². The van der Waals surface area contributed by atoms with Gasteiger partial charge < -0.3 is 16.0 Å². The van der Waals surface area contributed by atoms with E-state index >= 15 is 0 Å². The number of rotatable bonds is 6. The molecule has 3 aromatic heterocycles. The van der Waals surface area contributed by atoms with E-state index in [4.69, 9.17) is 15.7 Å². The predicted molar refractivity (Wildman–Crippen MR) is 145 cm³/mol. The van der Waals surface area contributed by atoms with E-state index in [1.165, 1.54) is 4.57 Å². The maximum absolute atomic E-state index is 13.7. The third-order valence-electron chi connectivity index (χ3n) is 6.83. The van der Waals surface area contributed by atoms with E-state index in [2.05, 4.69) is 32.3 Å². The minimum Gasteiger partial charge on any atom is -0.348 e. The normalized spacial score (nSPS) is 15.9. The highest BCUT2D eigenvalue weighted by atomic mass is 16.1. The number of nitrogens with one attached hydrogen (secondary N) is 1. The fourth-order valence-corrected chi connectivity index (χ4v) is 4.91.